The Morgan fingerprint density at radius 2 is 1.83 bits per heavy atom. The molecule has 0 aliphatic heterocycles. The van der Waals surface area contributed by atoms with E-state index >= 15 is 0 Å². The van der Waals surface area contributed by atoms with Gasteiger partial charge in [0, 0.05) is 6.04 Å². The SMILES string of the molecule is CC(C)N(CC(N)=O)C(=O)CC1(O)CCCCC1. The molecule has 0 aromatic carbocycles. The van der Waals surface area contributed by atoms with Gasteiger partial charge in [-0.25, -0.2) is 0 Å². The summed E-state index contributed by atoms with van der Waals surface area (Å²) in [5, 5.41) is 10.3. The topological polar surface area (TPSA) is 83.6 Å². The lowest BCUT2D eigenvalue weighted by Gasteiger charge is -2.34. The van der Waals surface area contributed by atoms with Crippen LogP contribution in [0.15, 0.2) is 0 Å². The number of hydrogen-bond donors (Lipinski definition) is 2. The van der Waals surface area contributed by atoms with E-state index in [2.05, 4.69) is 0 Å². The summed E-state index contributed by atoms with van der Waals surface area (Å²) in [5.41, 5.74) is 4.25. The van der Waals surface area contributed by atoms with Gasteiger partial charge in [0.15, 0.2) is 0 Å². The van der Waals surface area contributed by atoms with Crippen LogP contribution >= 0.6 is 0 Å². The molecule has 1 fully saturated rings. The van der Waals surface area contributed by atoms with Gasteiger partial charge in [-0.3, -0.25) is 9.59 Å². The van der Waals surface area contributed by atoms with Crippen LogP contribution in [-0.4, -0.2) is 40.0 Å². The van der Waals surface area contributed by atoms with Gasteiger partial charge >= 0.3 is 0 Å². The maximum Gasteiger partial charge on any atom is 0.237 e. The molecule has 3 N–H and O–H groups in total. The molecule has 0 radical (unpaired) electrons. The molecule has 5 nitrogen and oxygen atoms in total. The standard InChI is InChI=1S/C13H24N2O3/c1-10(2)15(9-11(14)16)12(17)8-13(18)6-4-3-5-7-13/h10,18H,3-9H2,1-2H3,(H2,14,16). The molecule has 0 aromatic rings. The molecule has 1 saturated carbocycles. The first-order valence-electron chi connectivity index (χ1n) is 6.64. The fourth-order valence-corrected chi connectivity index (χ4v) is 2.50. The maximum atomic E-state index is 12.2. The number of primary amides is 1. The quantitative estimate of drug-likeness (QED) is 0.763. The Hall–Kier alpha value is -1.10. The van der Waals surface area contributed by atoms with Crippen LogP contribution in [0.1, 0.15) is 52.4 Å². The highest BCUT2D eigenvalue weighted by Crippen LogP contribution is 2.31. The van der Waals surface area contributed by atoms with Crippen molar-refractivity contribution in [2.75, 3.05) is 6.54 Å². The first-order chi connectivity index (χ1) is 8.34. The number of hydrogen-bond acceptors (Lipinski definition) is 3. The van der Waals surface area contributed by atoms with Crippen molar-refractivity contribution in [3.05, 3.63) is 0 Å². The Kier molecular flexibility index (Phi) is 5.14. The molecule has 0 heterocycles. The number of carbonyl (C=O) groups excluding carboxylic acids is 2. The van der Waals surface area contributed by atoms with Gasteiger partial charge in [-0.1, -0.05) is 19.3 Å². The first kappa shape index (κ1) is 15.0. The van der Waals surface area contributed by atoms with E-state index in [0.29, 0.717) is 12.8 Å². The highest BCUT2D eigenvalue weighted by Gasteiger charge is 2.34. The zero-order valence-corrected chi connectivity index (χ0v) is 11.3. The largest absolute Gasteiger partial charge is 0.389 e. The zero-order valence-electron chi connectivity index (χ0n) is 11.3. The Labute approximate surface area is 108 Å². The summed E-state index contributed by atoms with van der Waals surface area (Å²) in [4.78, 5) is 24.5. The minimum Gasteiger partial charge on any atom is -0.389 e. The number of nitrogens with two attached hydrogens (primary N) is 1. The fraction of sp³-hybridized carbons (Fsp3) is 0.846. The first-order valence-corrected chi connectivity index (χ1v) is 6.64. The van der Waals surface area contributed by atoms with Crippen LogP contribution in [0.2, 0.25) is 0 Å². The zero-order chi connectivity index (χ0) is 13.8. The van der Waals surface area contributed by atoms with Gasteiger partial charge in [0.05, 0.1) is 18.6 Å². The molecule has 0 aromatic heterocycles. The highest BCUT2D eigenvalue weighted by atomic mass is 16.3. The molecule has 0 atom stereocenters. The molecule has 0 unspecified atom stereocenters. The molecule has 2 amide bonds. The molecule has 1 aliphatic carbocycles. The van der Waals surface area contributed by atoms with E-state index in [4.69, 9.17) is 5.73 Å². The van der Waals surface area contributed by atoms with Crippen molar-refractivity contribution in [3.8, 4) is 0 Å². The van der Waals surface area contributed by atoms with E-state index in [9.17, 15) is 14.7 Å². The molecular weight excluding hydrogens is 232 g/mol. The monoisotopic (exact) mass is 256 g/mol. The van der Waals surface area contributed by atoms with E-state index in [1.54, 1.807) is 0 Å². The average molecular weight is 256 g/mol. The fourth-order valence-electron chi connectivity index (χ4n) is 2.50. The number of carbonyl (C=O) groups is 2. The second-order valence-electron chi connectivity index (χ2n) is 5.54. The van der Waals surface area contributed by atoms with Crippen molar-refractivity contribution in [2.24, 2.45) is 5.73 Å². The van der Waals surface area contributed by atoms with Gasteiger partial charge < -0.3 is 15.7 Å². The summed E-state index contributed by atoms with van der Waals surface area (Å²) in [6, 6.07) is -0.0859. The van der Waals surface area contributed by atoms with Crippen LogP contribution < -0.4 is 5.73 Å². The van der Waals surface area contributed by atoms with Crippen molar-refractivity contribution < 1.29 is 14.7 Å². The Bertz CT molecular complexity index is 309. The van der Waals surface area contributed by atoms with Gasteiger partial charge in [-0.15, -0.1) is 0 Å². The summed E-state index contributed by atoms with van der Waals surface area (Å²) >= 11 is 0. The summed E-state index contributed by atoms with van der Waals surface area (Å²) in [6.45, 7) is 3.60. The van der Waals surface area contributed by atoms with E-state index in [1.165, 1.54) is 4.90 Å². The van der Waals surface area contributed by atoms with Crippen LogP contribution in [0.4, 0.5) is 0 Å². The third-order valence-corrected chi connectivity index (χ3v) is 3.53. The van der Waals surface area contributed by atoms with Crippen LogP contribution in [-0.2, 0) is 9.59 Å². The second kappa shape index (κ2) is 6.18. The molecule has 18 heavy (non-hydrogen) atoms. The van der Waals surface area contributed by atoms with Gasteiger partial charge in [-0.2, -0.15) is 0 Å². The summed E-state index contributed by atoms with van der Waals surface area (Å²) in [6.07, 6.45) is 4.47. The van der Waals surface area contributed by atoms with Crippen molar-refractivity contribution >= 4 is 11.8 Å². The van der Waals surface area contributed by atoms with Crippen molar-refractivity contribution in [1.82, 2.24) is 4.90 Å². The molecule has 0 bridgehead atoms. The minimum absolute atomic E-state index is 0.0768. The highest BCUT2D eigenvalue weighted by molar-refractivity contribution is 5.84. The van der Waals surface area contributed by atoms with E-state index < -0.39 is 11.5 Å². The number of rotatable bonds is 5. The van der Waals surface area contributed by atoms with E-state index in [0.717, 1.165) is 19.3 Å². The van der Waals surface area contributed by atoms with Crippen LogP contribution in [0, 0.1) is 0 Å². The molecular formula is C13H24N2O3. The van der Waals surface area contributed by atoms with Gasteiger partial charge in [0.2, 0.25) is 11.8 Å². The number of nitrogens with zero attached hydrogens (tertiary/aromatic N) is 1. The molecule has 1 aliphatic rings. The lowest BCUT2D eigenvalue weighted by molar-refractivity contribution is -0.142. The van der Waals surface area contributed by atoms with Crippen LogP contribution in [0.5, 0.6) is 0 Å². The Balaban J connectivity index is 2.62. The average Bonchev–Trinajstić information content (AvgIpc) is 2.25. The lowest BCUT2D eigenvalue weighted by atomic mass is 9.82. The Morgan fingerprint density at radius 3 is 2.28 bits per heavy atom. The van der Waals surface area contributed by atoms with Crippen molar-refractivity contribution in [2.45, 2.75) is 64.0 Å². The summed E-state index contributed by atoms with van der Waals surface area (Å²) in [5.74, 6) is -0.708. The molecule has 0 spiro atoms. The van der Waals surface area contributed by atoms with E-state index in [1.807, 2.05) is 13.8 Å². The van der Waals surface area contributed by atoms with Crippen molar-refractivity contribution in [3.63, 3.8) is 0 Å². The predicted octanol–water partition coefficient (Wildman–Crippen LogP) is 0.794. The number of amides is 2. The molecule has 1 rings (SSSR count). The van der Waals surface area contributed by atoms with Gasteiger partial charge in [0.25, 0.3) is 0 Å². The molecule has 5 heteroatoms. The van der Waals surface area contributed by atoms with Crippen LogP contribution in [0.3, 0.4) is 0 Å². The third-order valence-electron chi connectivity index (χ3n) is 3.53. The molecule has 0 saturated heterocycles. The third kappa shape index (κ3) is 4.29. The van der Waals surface area contributed by atoms with Gasteiger partial charge in [-0.05, 0) is 26.7 Å². The second-order valence-corrected chi connectivity index (χ2v) is 5.54. The molecule has 104 valence electrons. The predicted molar refractivity (Wildman–Crippen MR) is 68.7 cm³/mol. The summed E-state index contributed by atoms with van der Waals surface area (Å²) < 4.78 is 0. The Morgan fingerprint density at radius 1 is 1.28 bits per heavy atom. The lowest BCUT2D eigenvalue weighted by Crippen LogP contribution is -2.46. The van der Waals surface area contributed by atoms with E-state index in [-0.39, 0.29) is 24.9 Å². The maximum absolute atomic E-state index is 12.2. The van der Waals surface area contributed by atoms with Crippen molar-refractivity contribution in [1.29, 1.82) is 0 Å². The van der Waals surface area contributed by atoms with Gasteiger partial charge in [0.1, 0.15) is 0 Å². The number of aliphatic hydroxyl groups is 1. The summed E-state index contributed by atoms with van der Waals surface area (Å²) in [7, 11) is 0. The van der Waals surface area contributed by atoms with Crippen LogP contribution in [0.25, 0.3) is 0 Å². The smallest absolute Gasteiger partial charge is 0.237 e. The minimum atomic E-state index is -0.889. The normalized spacial score (nSPS) is 18.7.